The van der Waals surface area contributed by atoms with Crippen LogP contribution in [0.3, 0.4) is 0 Å². The molecule has 0 aromatic carbocycles. The summed E-state index contributed by atoms with van der Waals surface area (Å²) in [5.74, 6) is 0. The molecule has 0 saturated heterocycles. The Morgan fingerprint density at radius 2 is 2.44 bits per heavy atom. The Kier molecular flexibility index (Phi) is 5.41. The largest absolute Gasteiger partial charge is 0.317 e. The summed E-state index contributed by atoms with van der Waals surface area (Å²) in [6.45, 7) is 0.341. The van der Waals surface area contributed by atoms with Crippen molar-refractivity contribution >= 4 is 6.29 Å². The highest BCUT2D eigenvalue weighted by molar-refractivity contribution is 5.49. The van der Waals surface area contributed by atoms with Crippen LogP contribution in [0.5, 0.6) is 0 Å². The number of halogens is 1. The third-order valence-corrected chi connectivity index (χ3v) is 1.02. The minimum atomic E-state index is -0.875. The molecule has 0 aliphatic rings. The molecular weight excluding hydrogens is 121 g/mol. The zero-order chi connectivity index (χ0) is 7.11. The molecule has 54 valence electrons. The third-order valence-electron chi connectivity index (χ3n) is 1.02. The Morgan fingerprint density at radius 3 is 2.89 bits per heavy atom. The van der Waals surface area contributed by atoms with E-state index < -0.39 is 6.17 Å². The number of rotatable bonds is 5. The summed E-state index contributed by atoms with van der Waals surface area (Å²) in [6.07, 6.45) is 0.523. The molecule has 0 heterocycles. The molecule has 3 heteroatoms. The number of nitrogens with one attached hydrogen (secondary N) is 1. The molecule has 1 unspecified atom stereocenters. The summed E-state index contributed by atoms with van der Waals surface area (Å²) in [5, 5.41) is 2.69. The van der Waals surface area contributed by atoms with Crippen molar-refractivity contribution in [3.63, 3.8) is 0 Å². The monoisotopic (exact) mass is 133 g/mol. The van der Waals surface area contributed by atoms with E-state index in [1.807, 2.05) is 0 Å². The summed E-state index contributed by atoms with van der Waals surface area (Å²) in [4.78, 5) is 9.73. The van der Waals surface area contributed by atoms with Crippen LogP contribution in [0, 0.1) is 0 Å². The fourth-order valence-electron chi connectivity index (χ4n) is 0.572. The number of carbonyl (C=O) groups is 1. The zero-order valence-electron chi connectivity index (χ0n) is 5.56. The van der Waals surface area contributed by atoms with Crippen molar-refractivity contribution in [1.82, 2.24) is 5.32 Å². The van der Waals surface area contributed by atoms with Gasteiger partial charge in [0.1, 0.15) is 12.5 Å². The molecular formula is C6H12FNO. The van der Waals surface area contributed by atoms with E-state index in [0.29, 0.717) is 19.4 Å². The van der Waals surface area contributed by atoms with Crippen LogP contribution >= 0.6 is 0 Å². The van der Waals surface area contributed by atoms with Gasteiger partial charge in [0.25, 0.3) is 0 Å². The van der Waals surface area contributed by atoms with Crippen LogP contribution in [0.2, 0.25) is 0 Å². The quantitative estimate of drug-likeness (QED) is 0.554. The van der Waals surface area contributed by atoms with Crippen LogP contribution in [0.1, 0.15) is 12.8 Å². The summed E-state index contributed by atoms with van der Waals surface area (Å²) in [6, 6.07) is 0. The highest BCUT2D eigenvalue weighted by Gasteiger charge is 2.01. The van der Waals surface area contributed by atoms with Crippen LogP contribution in [0.25, 0.3) is 0 Å². The maximum absolute atomic E-state index is 12.4. The van der Waals surface area contributed by atoms with Crippen molar-refractivity contribution in [2.24, 2.45) is 0 Å². The summed E-state index contributed by atoms with van der Waals surface area (Å²) < 4.78 is 12.4. The number of hydrogen-bond acceptors (Lipinski definition) is 2. The molecule has 0 saturated carbocycles. The number of alkyl halides is 1. The highest BCUT2D eigenvalue weighted by Crippen LogP contribution is 1.97. The molecule has 0 aromatic heterocycles. The first-order valence-electron chi connectivity index (χ1n) is 3.03. The van der Waals surface area contributed by atoms with Crippen molar-refractivity contribution in [3.8, 4) is 0 Å². The van der Waals surface area contributed by atoms with Crippen molar-refractivity contribution in [2.45, 2.75) is 19.0 Å². The minimum Gasteiger partial charge on any atom is -0.317 e. The smallest absolute Gasteiger partial charge is 0.120 e. The molecule has 2 nitrogen and oxygen atoms in total. The van der Waals surface area contributed by atoms with Gasteiger partial charge in [-0.25, -0.2) is 4.39 Å². The fourth-order valence-corrected chi connectivity index (χ4v) is 0.572. The topological polar surface area (TPSA) is 29.1 Å². The Bertz CT molecular complexity index is 77.5. The summed E-state index contributed by atoms with van der Waals surface area (Å²) in [7, 11) is 1.69. The van der Waals surface area contributed by atoms with Gasteiger partial charge in [0, 0.05) is 13.0 Å². The third kappa shape index (κ3) is 5.43. The molecule has 1 N–H and O–H groups in total. The molecule has 0 spiro atoms. The summed E-state index contributed by atoms with van der Waals surface area (Å²) in [5.41, 5.74) is 0. The van der Waals surface area contributed by atoms with E-state index in [-0.39, 0.29) is 0 Å². The molecule has 0 aromatic rings. The van der Waals surface area contributed by atoms with Gasteiger partial charge in [-0.15, -0.1) is 0 Å². The molecule has 0 aliphatic carbocycles. The van der Waals surface area contributed by atoms with Gasteiger partial charge in [-0.2, -0.15) is 0 Å². The molecule has 0 rings (SSSR count). The van der Waals surface area contributed by atoms with Crippen molar-refractivity contribution in [3.05, 3.63) is 0 Å². The molecule has 0 fully saturated rings. The molecule has 0 aliphatic heterocycles. The summed E-state index contributed by atoms with van der Waals surface area (Å²) >= 11 is 0. The lowest BCUT2D eigenvalue weighted by atomic mass is 10.2. The first-order chi connectivity index (χ1) is 4.31. The van der Waals surface area contributed by atoms with Gasteiger partial charge in [0.05, 0.1) is 0 Å². The van der Waals surface area contributed by atoms with Crippen LogP contribution in [0.15, 0.2) is 0 Å². The van der Waals surface area contributed by atoms with Gasteiger partial charge < -0.3 is 10.1 Å². The van der Waals surface area contributed by atoms with Gasteiger partial charge in [0.15, 0.2) is 0 Å². The fraction of sp³-hybridized carbons (Fsp3) is 0.833. The Balaban J connectivity index is 3.04. The van der Waals surface area contributed by atoms with E-state index in [9.17, 15) is 9.18 Å². The van der Waals surface area contributed by atoms with E-state index in [0.717, 1.165) is 6.29 Å². The maximum atomic E-state index is 12.4. The van der Waals surface area contributed by atoms with Crippen molar-refractivity contribution in [1.29, 1.82) is 0 Å². The first-order valence-corrected chi connectivity index (χ1v) is 3.03. The van der Waals surface area contributed by atoms with E-state index in [2.05, 4.69) is 5.32 Å². The van der Waals surface area contributed by atoms with Gasteiger partial charge in [-0.1, -0.05) is 0 Å². The first kappa shape index (κ1) is 8.56. The number of aldehydes is 1. The van der Waals surface area contributed by atoms with Crippen LogP contribution in [-0.4, -0.2) is 26.1 Å². The van der Waals surface area contributed by atoms with E-state index in [1.54, 1.807) is 7.05 Å². The second kappa shape index (κ2) is 5.69. The van der Waals surface area contributed by atoms with Gasteiger partial charge in [0.2, 0.25) is 0 Å². The lowest BCUT2D eigenvalue weighted by molar-refractivity contribution is -0.108. The average molecular weight is 133 g/mol. The average Bonchev–Trinajstić information content (AvgIpc) is 1.85. The number of hydrogen-bond donors (Lipinski definition) is 1. The predicted molar refractivity (Wildman–Crippen MR) is 34.1 cm³/mol. The van der Waals surface area contributed by atoms with Crippen LogP contribution in [0.4, 0.5) is 4.39 Å². The van der Waals surface area contributed by atoms with Crippen LogP contribution in [-0.2, 0) is 4.79 Å². The Morgan fingerprint density at radius 1 is 1.78 bits per heavy atom. The van der Waals surface area contributed by atoms with Gasteiger partial charge in [-0.3, -0.25) is 0 Å². The zero-order valence-corrected chi connectivity index (χ0v) is 5.56. The molecule has 1 atom stereocenters. The van der Waals surface area contributed by atoms with E-state index in [4.69, 9.17) is 0 Å². The Labute approximate surface area is 54.4 Å². The van der Waals surface area contributed by atoms with E-state index in [1.165, 1.54) is 0 Å². The lowest BCUT2D eigenvalue weighted by Crippen LogP contribution is -2.19. The maximum Gasteiger partial charge on any atom is 0.120 e. The van der Waals surface area contributed by atoms with E-state index >= 15 is 0 Å². The number of carbonyl (C=O) groups excluding carboxylic acids is 1. The second-order valence-corrected chi connectivity index (χ2v) is 1.90. The van der Waals surface area contributed by atoms with Gasteiger partial charge >= 0.3 is 0 Å². The molecule has 0 radical (unpaired) electrons. The minimum absolute atomic E-state index is 0.322. The van der Waals surface area contributed by atoms with Crippen LogP contribution < -0.4 is 5.32 Å². The SMILES string of the molecule is CNCC(F)CCC=O. The molecule has 0 bridgehead atoms. The molecule has 9 heavy (non-hydrogen) atoms. The highest BCUT2D eigenvalue weighted by atomic mass is 19.1. The lowest BCUT2D eigenvalue weighted by Gasteiger charge is -2.02. The standard InChI is InChI=1S/C6H12FNO/c1-8-5-6(7)3-2-4-9/h4,6,8H,2-3,5H2,1H3. The van der Waals surface area contributed by atoms with Crippen molar-refractivity contribution < 1.29 is 9.18 Å². The molecule has 0 amide bonds. The van der Waals surface area contributed by atoms with Crippen molar-refractivity contribution in [2.75, 3.05) is 13.6 Å². The Hall–Kier alpha value is -0.440. The normalized spacial score (nSPS) is 13.1. The van der Waals surface area contributed by atoms with Gasteiger partial charge in [-0.05, 0) is 13.5 Å². The predicted octanol–water partition coefficient (Wildman–Crippen LogP) is 0.523. The second-order valence-electron chi connectivity index (χ2n) is 1.90.